The van der Waals surface area contributed by atoms with Crippen LogP contribution in [-0.4, -0.2) is 49.4 Å². The molecule has 0 amide bonds. The van der Waals surface area contributed by atoms with Gasteiger partial charge in [-0.25, -0.2) is 8.42 Å². The zero-order chi connectivity index (χ0) is 23.5. The van der Waals surface area contributed by atoms with Crippen molar-refractivity contribution in [2.24, 2.45) is 0 Å². The Morgan fingerprint density at radius 2 is 0.967 bits per heavy atom. The van der Waals surface area contributed by atoms with E-state index in [0.717, 1.165) is 0 Å². The average Bonchev–Trinajstić information content (AvgIpc) is 2.68. The molecule has 0 fully saturated rings. The smallest absolute Gasteiger partial charge is 0.0943 e. The van der Waals surface area contributed by atoms with E-state index in [1.807, 2.05) is 0 Å². The topological polar surface area (TPSA) is 57.2 Å². The molecule has 0 heterocycles. The predicted octanol–water partition coefficient (Wildman–Crippen LogP) is 7.28. The van der Waals surface area contributed by atoms with Crippen LogP contribution in [0.1, 0.15) is 131 Å². The second-order valence-electron chi connectivity index (χ2n) is 10.0. The quantitative estimate of drug-likeness (QED) is 0.125. The third-order valence-corrected chi connectivity index (χ3v) is 7.64. The normalized spacial score (nSPS) is 12.5. The molecule has 0 saturated heterocycles. The molecular weight excluding hydrogens is 394 g/mol. The van der Waals surface area contributed by atoms with Crippen molar-refractivity contribution in [2.45, 2.75) is 136 Å². The Morgan fingerprint density at radius 1 is 0.667 bits per heavy atom. The van der Waals surface area contributed by atoms with Crippen LogP contribution in [0.25, 0.3) is 0 Å². The molecule has 0 aromatic heterocycles. The van der Waals surface area contributed by atoms with Crippen molar-refractivity contribution in [3.63, 3.8) is 0 Å². The molecule has 0 unspecified atom stereocenters. The summed E-state index contributed by atoms with van der Waals surface area (Å²) in [5.74, 6) is -0.312. The Hall–Kier alpha value is -0.130. The van der Waals surface area contributed by atoms with E-state index in [1.165, 1.54) is 114 Å². The van der Waals surface area contributed by atoms with Crippen LogP contribution < -0.4 is 0 Å². The maximum Gasteiger partial charge on any atom is 0.0943 e. The summed E-state index contributed by atoms with van der Waals surface area (Å²) >= 11 is 0. The predicted molar refractivity (Wildman–Crippen MR) is 132 cm³/mol. The van der Waals surface area contributed by atoms with Crippen molar-refractivity contribution in [1.29, 1.82) is 0 Å². The summed E-state index contributed by atoms with van der Waals surface area (Å²) in [6.07, 6.45) is 21.6. The van der Waals surface area contributed by atoms with Gasteiger partial charge in [0.05, 0.1) is 36.3 Å². The summed E-state index contributed by atoms with van der Waals surface area (Å²) in [5, 5.41) is 0. The van der Waals surface area contributed by atoms with Gasteiger partial charge in [0.2, 0.25) is 0 Å². The standard InChI is InChI=1S/C23H50N.C2H6O3S/c1-7-9-10-11-12-13-14-15-16-17-18-19-20-21-22-24(5,6)23(3,4)8-2;1-2-6(3,4)5/h7-22H2,1-6H3;2H2,1H3,(H,3,4,5)/q+1;/p-1. The lowest BCUT2D eigenvalue weighted by Crippen LogP contribution is -2.56. The Balaban J connectivity index is 0. The molecule has 0 bridgehead atoms. The fraction of sp³-hybridized carbons (Fsp3) is 1.00. The SMILES string of the molecule is CCCCCCCCCCCCCCCC[N+](C)(C)C(C)(C)CC.CCS(=O)(=O)[O-]. The lowest BCUT2D eigenvalue weighted by atomic mass is 9.96. The van der Waals surface area contributed by atoms with E-state index in [4.69, 9.17) is 0 Å². The highest BCUT2D eigenvalue weighted by Crippen LogP contribution is 2.24. The number of quaternary nitrogens is 1. The summed E-state index contributed by atoms with van der Waals surface area (Å²) in [6.45, 7) is 12.1. The number of nitrogens with zero attached hydrogens (tertiary/aromatic N) is 1. The van der Waals surface area contributed by atoms with Crippen LogP contribution in [-0.2, 0) is 10.1 Å². The molecule has 0 spiro atoms. The van der Waals surface area contributed by atoms with Gasteiger partial charge in [-0.05, 0) is 33.1 Å². The van der Waals surface area contributed by atoms with Crippen LogP contribution in [0, 0.1) is 0 Å². The molecule has 4 nitrogen and oxygen atoms in total. The summed E-state index contributed by atoms with van der Waals surface area (Å²) in [6, 6.07) is 0. The molecule has 0 atom stereocenters. The summed E-state index contributed by atoms with van der Waals surface area (Å²) in [4.78, 5) is 0. The van der Waals surface area contributed by atoms with Crippen LogP contribution >= 0.6 is 0 Å². The highest BCUT2D eigenvalue weighted by Gasteiger charge is 2.33. The number of rotatable bonds is 18. The van der Waals surface area contributed by atoms with E-state index in [2.05, 4.69) is 41.8 Å². The average molecular weight is 450 g/mol. The first-order valence-electron chi connectivity index (χ1n) is 12.7. The van der Waals surface area contributed by atoms with Crippen LogP contribution in [0.4, 0.5) is 0 Å². The van der Waals surface area contributed by atoms with Crippen LogP contribution in [0.2, 0.25) is 0 Å². The summed E-state index contributed by atoms with van der Waals surface area (Å²) in [5.41, 5.74) is 0.413. The molecule has 0 radical (unpaired) electrons. The number of unbranched alkanes of at least 4 members (excludes halogenated alkanes) is 13. The van der Waals surface area contributed by atoms with Gasteiger partial charge in [0.25, 0.3) is 0 Å². The van der Waals surface area contributed by atoms with E-state index in [-0.39, 0.29) is 5.75 Å². The highest BCUT2D eigenvalue weighted by molar-refractivity contribution is 7.85. The van der Waals surface area contributed by atoms with Crippen LogP contribution in [0.3, 0.4) is 0 Å². The second kappa shape index (κ2) is 18.4. The van der Waals surface area contributed by atoms with Gasteiger partial charge in [-0.2, -0.15) is 0 Å². The Bertz CT molecular complexity index is 473. The monoisotopic (exact) mass is 449 g/mol. The third-order valence-electron chi connectivity index (χ3n) is 6.93. The second-order valence-corrected chi connectivity index (χ2v) is 11.7. The molecule has 0 aliphatic carbocycles. The van der Waals surface area contributed by atoms with E-state index in [1.54, 1.807) is 0 Å². The largest absolute Gasteiger partial charge is 0.748 e. The first kappa shape index (κ1) is 32.1. The molecule has 184 valence electrons. The lowest BCUT2D eigenvalue weighted by Gasteiger charge is -2.44. The van der Waals surface area contributed by atoms with Crippen LogP contribution in [0.5, 0.6) is 0 Å². The molecule has 5 heteroatoms. The van der Waals surface area contributed by atoms with Gasteiger partial charge in [-0.3, -0.25) is 0 Å². The van der Waals surface area contributed by atoms with E-state index in [0.29, 0.717) is 5.54 Å². The van der Waals surface area contributed by atoms with E-state index < -0.39 is 10.1 Å². The van der Waals surface area contributed by atoms with Crippen molar-refractivity contribution in [3.05, 3.63) is 0 Å². The van der Waals surface area contributed by atoms with Gasteiger partial charge in [0.15, 0.2) is 0 Å². The van der Waals surface area contributed by atoms with Gasteiger partial charge in [-0.1, -0.05) is 97.8 Å². The van der Waals surface area contributed by atoms with Crippen molar-refractivity contribution < 1.29 is 17.5 Å². The Kier molecular flexibility index (Phi) is 19.7. The molecule has 30 heavy (non-hydrogen) atoms. The Morgan fingerprint density at radius 3 is 1.23 bits per heavy atom. The zero-order valence-corrected chi connectivity index (χ0v) is 22.4. The van der Waals surface area contributed by atoms with E-state index >= 15 is 0 Å². The van der Waals surface area contributed by atoms with Gasteiger partial charge in [-0.15, -0.1) is 0 Å². The molecule has 0 aliphatic heterocycles. The molecule has 0 rings (SSSR count). The van der Waals surface area contributed by atoms with Gasteiger partial charge < -0.3 is 9.04 Å². The van der Waals surface area contributed by atoms with Crippen molar-refractivity contribution in [2.75, 3.05) is 26.4 Å². The molecule has 0 N–H and O–H groups in total. The first-order chi connectivity index (χ1) is 13.9. The van der Waals surface area contributed by atoms with Crippen molar-refractivity contribution in [3.8, 4) is 0 Å². The zero-order valence-electron chi connectivity index (χ0n) is 21.6. The molecule has 0 aliphatic rings. The summed E-state index contributed by atoms with van der Waals surface area (Å²) < 4.78 is 29.5. The van der Waals surface area contributed by atoms with Gasteiger partial charge >= 0.3 is 0 Å². The van der Waals surface area contributed by atoms with Crippen molar-refractivity contribution in [1.82, 2.24) is 0 Å². The molecular formula is C25H55NO3S. The minimum atomic E-state index is -3.91. The maximum atomic E-state index is 9.44. The Labute approximate surface area is 190 Å². The minimum Gasteiger partial charge on any atom is -0.748 e. The first-order valence-corrected chi connectivity index (χ1v) is 14.3. The maximum absolute atomic E-state index is 9.44. The highest BCUT2D eigenvalue weighted by atomic mass is 32.2. The minimum absolute atomic E-state index is 0.312. The number of hydrogen-bond acceptors (Lipinski definition) is 3. The lowest BCUT2D eigenvalue weighted by molar-refractivity contribution is -0.938. The molecule has 0 aromatic rings. The van der Waals surface area contributed by atoms with Crippen LogP contribution in [0.15, 0.2) is 0 Å². The third kappa shape index (κ3) is 19.8. The van der Waals surface area contributed by atoms with Crippen molar-refractivity contribution >= 4 is 10.1 Å². The molecule has 0 aromatic carbocycles. The summed E-state index contributed by atoms with van der Waals surface area (Å²) in [7, 11) is 0.905. The van der Waals surface area contributed by atoms with Gasteiger partial charge in [0.1, 0.15) is 0 Å². The number of hydrogen-bond donors (Lipinski definition) is 0. The van der Waals surface area contributed by atoms with Gasteiger partial charge in [0, 0.05) is 5.75 Å². The van der Waals surface area contributed by atoms with E-state index in [9.17, 15) is 13.0 Å². The fourth-order valence-electron chi connectivity index (χ4n) is 3.43. The fourth-order valence-corrected chi connectivity index (χ4v) is 3.43. The molecule has 0 saturated carbocycles.